The van der Waals surface area contributed by atoms with E-state index in [4.69, 9.17) is 0 Å². The summed E-state index contributed by atoms with van der Waals surface area (Å²) in [5.74, 6) is 0.357. The van der Waals surface area contributed by atoms with E-state index in [1.807, 2.05) is 31.1 Å². The van der Waals surface area contributed by atoms with Gasteiger partial charge >= 0.3 is 0 Å². The second kappa shape index (κ2) is 10.1. The smallest absolute Gasteiger partial charge is 0.230 e. The van der Waals surface area contributed by atoms with Gasteiger partial charge in [0, 0.05) is 45.5 Å². The van der Waals surface area contributed by atoms with Gasteiger partial charge in [0.2, 0.25) is 11.8 Å². The van der Waals surface area contributed by atoms with E-state index >= 15 is 0 Å². The summed E-state index contributed by atoms with van der Waals surface area (Å²) in [6.45, 7) is 5.38. The van der Waals surface area contributed by atoms with Crippen LogP contribution in [-0.4, -0.2) is 53.8 Å². The van der Waals surface area contributed by atoms with E-state index in [0.717, 1.165) is 48.9 Å². The zero-order valence-corrected chi connectivity index (χ0v) is 19.3. The molecule has 0 saturated carbocycles. The Hall–Kier alpha value is -2.69. The van der Waals surface area contributed by atoms with Gasteiger partial charge in [0.25, 0.3) is 0 Å². The summed E-state index contributed by atoms with van der Waals surface area (Å²) < 4.78 is 0. The Bertz CT molecular complexity index is 893. The fourth-order valence-corrected chi connectivity index (χ4v) is 4.88. The number of likely N-dealkylation sites (tertiary alicyclic amines) is 1. The second-order valence-electron chi connectivity index (χ2n) is 8.97. The van der Waals surface area contributed by atoms with Gasteiger partial charge in [0.05, 0.1) is 5.41 Å². The molecule has 0 aliphatic carbocycles. The number of carbonyl (C=O) groups excluding carboxylic acids is 2. The van der Waals surface area contributed by atoms with Gasteiger partial charge in [-0.3, -0.25) is 14.6 Å². The maximum Gasteiger partial charge on any atom is 0.230 e. The summed E-state index contributed by atoms with van der Waals surface area (Å²) in [5, 5.41) is 0. The van der Waals surface area contributed by atoms with E-state index in [-0.39, 0.29) is 17.7 Å². The molecule has 1 atom stereocenters. The summed E-state index contributed by atoms with van der Waals surface area (Å²) in [7, 11) is 3.64. The van der Waals surface area contributed by atoms with Gasteiger partial charge < -0.3 is 9.80 Å². The monoisotopic (exact) mass is 421 g/mol. The quantitative estimate of drug-likeness (QED) is 0.665. The summed E-state index contributed by atoms with van der Waals surface area (Å²) in [6.07, 6.45) is 7.56. The molecule has 1 aliphatic heterocycles. The van der Waals surface area contributed by atoms with Crippen LogP contribution in [0.2, 0.25) is 0 Å². The first-order chi connectivity index (χ1) is 14.9. The largest absolute Gasteiger partial charge is 0.348 e. The molecule has 2 heterocycles. The van der Waals surface area contributed by atoms with Crippen LogP contribution in [0.25, 0.3) is 11.1 Å². The van der Waals surface area contributed by atoms with Gasteiger partial charge in [0.15, 0.2) is 0 Å². The number of hydrogen-bond acceptors (Lipinski definition) is 3. The van der Waals surface area contributed by atoms with Crippen molar-refractivity contribution < 1.29 is 9.59 Å². The third-order valence-corrected chi connectivity index (χ3v) is 6.57. The molecule has 0 N–H and O–H groups in total. The summed E-state index contributed by atoms with van der Waals surface area (Å²) >= 11 is 0. The maximum absolute atomic E-state index is 13.4. The van der Waals surface area contributed by atoms with Crippen molar-refractivity contribution in [2.75, 3.05) is 27.2 Å². The van der Waals surface area contributed by atoms with Crippen LogP contribution in [0.5, 0.6) is 0 Å². The van der Waals surface area contributed by atoms with Gasteiger partial charge in [-0.05, 0) is 60.9 Å². The van der Waals surface area contributed by atoms with E-state index in [1.165, 1.54) is 0 Å². The summed E-state index contributed by atoms with van der Waals surface area (Å²) in [6, 6.07) is 12.4. The molecule has 1 unspecified atom stereocenters. The lowest BCUT2D eigenvalue weighted by atomic mass is 9.73. The Morgan fingerprint density at radius 2 is 1.81 bits per heavy atom. The van der Waals surface area contributed by atoms with Crippen molar-refractivity contribution in [3.05, 3.63) is 54.4 Å². The average molecular weight is 422 g/mol. The molecule has 0 radical (unpaired) electrons. The Morgan fingerprint density at radius 3 is 2.45 bits per heavy atom. The third kappa shape index (κ3) is 5.15. The van der Waals surface area contributed by atoms with Crippen LogP contribution in [-0.2, 0) is 16.0 Å². The molecule has 1 aromatic carbocycles. The first kappa shape index (κ1) is 23.0. The Balaban J connectivity index is 1.91. The Morgan fingerprint density at radius 1 is 1.10 bits per heavy atom. The molecule has 1 fully saturated rings. The lowest BCUT2D eigenvalue weighted by Crippen LogP contribution is -2.55. The minimum absolute atomic E-state index is 0.0419. The van der Waals surface area contributed by atoms with Gasteiger partial charge in [-0.15, -0.1) is 0 Å². The number of pyridine rings is 1. The SMILES string of the molecule is CCC(CC)C(=O)N1CCCC(Cc2cccc(-c3ccncc3)c2)(C(=O)N(C)C)C1. The van der Waals surface area contributed by atoms with Crippen LogP contribution in [0.1, 0.15) is 45.1 Å². The number of amides is 2. The summed E-state index contributed by atoms with van der Waals surface area (Å²) in [5.41, 5.74) is 2.77. The Labute approximate surface area is 186 Å². The van der Waals surface area contributed by atoms with E-state index in [1.54, 1.807) is 17.3 Å². The van der Waals surface area contributed by atoms with E-state index in [9.17, 15) is 9.59 Å². The van der Waals surface area contributed by atoms with Crippen molar-refractivity contribution in [1.82, 2.24) is 14.8 Å². The zero-order chi connectivity index (χ0) is 22.4. The third-order valence-electron chi connectivity index (χ3n) is 6.57. The number of benzene rings is 1. The van der Waals surface area contributed by atoms with Gasteiger partial charge in [0.1, 0.15) is 0 Å². The first-order valence-electron chi connectivity index (χ1n) is 11.4. The van der Waals surface area contributed by atoms with E-state index in [2.05, 4.69) is 43.1 Å². The normalized spacial score (nSPS) is 18.8. The highest BCUT2D eigenvalue weighted by atomic mass is 16.2. The van der Waals surface area contributed by atoms with Crippen molar-refractivity contribution in [3.63, 3.8) is 0 Å². The molecule has 1 aliphatic rings. The van der Waals surface area contributed by atoms with Crippen molar-refractivity contribution in [3.8, 4) is 11.1 Å². The molecule has 2 aromatic rings. The van der Waals surface area contributed by atoms with Gasteiger partial charge in [-0.1, -0.05) is 38.1 Å². The van der Waals surface area contributed by atoms with Crippen LogP contribution >= 0.6 is 0 Å². The number of rotatable bonds is 7. The lowest BCUT2D eigenvalue weighted by Gasteiger charge is -2.44. The number of aromatic nitrogens is 1. The molecule has 0 bridgehead atoms. The van der Waals surface area contributed by atoms with Crippen LogP contribution in [0.4, 0.5) is 0 Å². The topological polar surface area (TPSA) is 53.5 Å². The molecule has 2 amide bonds. The number of hydrogen-bond donors (Lipinski definition) is 0. The molecule has 1 aromatic heterocycles. The second-order valence-corrected chi connectivity index (χ2v) is 8.97. The Kier molecular flexibility index (Phi) is 7.47. The molecule has 5 nitrogen and oxygen atoms in total. The van der Waals surface area contributed by atoms with Crippen molar-refractivity contribution in [2.24, 2.45) is 11.3 Å². The fourth-order valence-electron chi connectivity index (χ4n) is 4.88. The summed E-state index contributed by atoms with van der Waals surface area (Å²) in [4.78, 5) is 34.3. The molecular weight excluding hydrogens is 386 g/mol. The highest BCUT2D eigenvalue weighted by Gasteiger charge is 2.44. The van der Waals surface area contributed by atoms with Crippen molar-refractivity contribution in [1.29, 1.82) is 0 Å². The molecule has 0 spiro atoms. The predicted molar refractivity (Wildman–Crippen MR) is 124 cm³/mol. The molecular formula is C26H35N3O2. The van der Waals surface area contributed by atoms with E-state index < -0.39 is 5.41 Å². The van der Waals surface area contributed by atoms with Crippen LogP contribution in [0.15, 0.2) is 48.8 Å². The minimum atomic E-state index is -0.583. The van der Waals surface area contributed by atoms with Crippen LogP contribution in [0.3, 0.4) is 0 Å². The molecule has 3 rings (SSSR count). The van der Waals surface area contributed by atoms with Gasteiger partial charge in [-0.25, -0.2) is 0 Å². The highest BCUT2D eigenvalue weighted by Crippen LogP contribution is 2.37. The molecule has 5 heteroatoms. The lowest BCUT2D eigenvalue weighted by molar-refractivity contribution is -0.149. The number of piperidine rings is 1. The number of nitrogens with zero attached hydrogens (tertiary/aromatic N) is 3. The van der Waals surface area contributed by atoms with Crippen LogP contribution < -0.4 is 0 Å². The van der Waals surface area contributed by atoms with Crippen molar-refractivity contribution >= 4 is 11.8 Å². The average Bonchev–Trinajstić information content (AvgIpc) is 2.80. The predicted octanol–water partition coefficient (Wildman–Crippen LogP) is 4.42. The maximum atomic E-state index is 13.4. The standard InChI is InChI=1S/C26H35N3O2/c1-5-21(6-2)24(30)29-16-8-13-26(19-29,25(31)28(3)4)18-20-9-7-10-23(17-20)22-11-14-27-15-12-22/h7,9-12,14-15,17,21H,5-6,8,13,16,18-19H2,1-4H3. The highest BCUT2D eigenvalue weighted by molar-refractivity contribution is 5.85. The van der Waals surface area contributed by atoms with Crippen molar-refractivity contribution in [2.45, 2.75) is 46.0 Å². The first-order valence-corrected chi connectivity index (χ1v) is 11.4. The minimum Gasteiger partial charge on any atom is -0.348 e. The molecule has 1 saturated heterocycles. The molecule has 166 valence electrons. The van der Waals surface area contributed by atoms with E-state index in [0.29, 0.717) is 13.0 Å². The fraction of sp³-hybridized carbons (Fsp3) is 0.500. The number of carbonyl (C=O) groups is 2. The van der Waals surface area contributed by atoms with Crippen LogP contribution in [0, 0.1) is 11.3 Å². The zero-order valence-electron chi connectivity index (χ0n) is 19.3. The molecule has 31 heavy (non-hydrogen) atoms. The van der Waals surface area contributed by atoms with Gasteiger partial charge in [-0.2, -0.15) is 0 Å².